The van der Waals surface area contributed by atoms with Crippen LogP contribution in [0.2, 0.25) is 0 Å². The van der Waals surface area contributed by atoms with Crippen LogP contribution >= 0.6 is 0 Å². The van der Waals surface area contributed by atoms with Crippen molar-refractivity contribution in [1.29, 1.82) is 0 Å². The van der Waals surface area contributed by atoms with Crippen LogP contribution in [0, 0.1) is 13.8 Å². The zero-order chi connectivity index (χ0) is 20.5. The number of aryl methyl sites for hydroxylation is 2. The fourth-order valence-corrected chi connectivity index (χ4v) is 6.16. The molecule has 2 aromatic carbocycles. The number of sulfone groups is 1. The lowest BCUT2D eigenvalue weighted by Crippen LogP contribution is -2.35. The summed E-state index contributed by atoms with van der Waals surface area (Å²) in [6, 6.07) is 10.9. The van der Waals surface area contributed by atoms with Gasteiger partial charge >= 0.3 is 0 Å². The van der Waals surface area contributed by atoms with E-state index in [9.17, 15) is 21.6 Å². The van der Waals surface area contributed by atoms with Crippen molar-refractivity contribution < 1.29 is 21.6 Å². The molecule has 1 heterocycles. The van der Waals surface area contributed by atoms with Gasteiger partial charge in [0.2, 0.25) is 0 Å². The molecule has 0 bridgehead atoms. The second kappa shape index (κ2) is 7.56. The van der Waals surface area contributed by atoms with Crippen molar-refractivity contribution in [2.75, 3.05) is 16.2 Å². The van der Waals surface area contributed by atoms with E-state index in [4.69, 9.17) is 0 Å². The first-order chi connectivity index (χ1) is 13.1. The number of carbonyl (C=O) groups is 1. The van der Waals surface area contributed by atoms with Gasteiger partial charge in [0.1, 0.15) is 0 Å². The molecule has 9 heteroatoms. The Morgan fingerprint density at radius 2 is 1.86 bits per heavy atom. The summed E-state index contributed by atoms with van der Waals surface area (Å²) in [7, 11) is -6.91. The maximum absolute atomic E-state index is 12.7. The molecule has 1 fully saturated rings. The van der Waals surface area contributed by atoms with E-state index < -0.39 is 31.8 Å². The van der Waals surface area contributed by atoms with Gasteiger partial charge in [-0.1, -0.05) is 18.2 Å². The molecule has 3 rings (SSSR count). The zero-order valence-corrected chi connectivity index (χ0v) is 17.2. The highest BCUT2D eigenvalue weighted by molar-refractivity contribution is 7.92. The molecular weight excluding hydrogens is 400 g/mol. The molecule has 7 nitrogen and oxygen atoms in total. The number of rotatable bonds is 5. The fraction of sp³-hybridized carbons (Fsp3) is 0.316. The van der Waals surface area contributed by atoms with Crippen LogP contribution in [0.15, 0.2) is 47.4 Å². The summed E-state index contributed by atoms with van der Waals surface area (Å²) in [6.07, 6.45) is 0.382. The van der Waals surface area contributed by atoms with Crippen LogP contribution in [0.1, 0.15) is 27.9 Å². The largest absolute Gasteiger partial charge is 0.348 e. The first kappa shape index (κ1) is 20.3. The summed E-state index contributed by atoms with van der Waals surface area (Å²) in [6.45, 7) is 3.53. The van der Waals surface area contributed by atoms with Gasteiger partial charge in [-0.05, 0) is 55.7 Å². The molecule has 2 N–H and O–H groups in total. The SMILES string of the molecule is Cc1ccc(C)c(S(=O)(=O)Nc2cccc(C(=O)N[C@H]3CCS(=O)(=O)C3)c2)c1. The average molecular weight is 423 g/mol. The zero-order valence-electron chi connectivity index (χ0n) is 15.6. The highest BCUT2D eigenvalue weighted by Crippen LogP contribution is 2.21. The van der Waals surface area contributed by atoms with Crippen molar-refractivity contribution in [3.05, 3.63) is 59.2 Å². The Kier molecular flexibility index (Phi) is 5.49. The van der Waals surface area contributed by atoms with E-state index in [-0.39, 0.29) is 27.7 Å². The van der Waals surface area contributed by atoms with Gasteiger partial charge in [0.15, 0.2) is 9.84 Å². The van der Waals surface area contributed by atoms with Gasteiger partial charge in [0.25, 0.3) is 15.9 Å². The highest BCUT2D eigenvalue weighted by Gasteiger charge is 2.29. The molecule has 1 amide bonds. The number of carbonyl (C=O) groups excluding carboxylic acids is 1. The van der Waals surface area contributed by atoms with Crippen LogP contribution < -0.4 is 10.0 Å². The van der Waals surface area contributed by atoms with Crippen LogP contribution in [-0.4, -0.2) is 40.3 Å². The first-order valence-electron chi connectivity index (χ1n) is 8.77. The van der Waals surface area contributed by atoms with E-state index in [0.29, 0.717) is 12.0 Å². The standard InChI is InChI=1S/C19H22N2O5S2/c1-13-6-7-14(2)18(10-13)28(25,26)21-16-5-3-4-15(11-16)19(22)20-17-8-9-27(23,24)12-17/h3-7,10-11,17,21H,8-9,12H2,1-2H3,(H,20,22)/t17-/m0/s1. The van der Waals surface area contributed by atoms with Crippen molar-refractivity contribution in [1.82, 2.24) is 5.32 Å². The minimum Gasteiger partial charge on any atom is -0.348 e. The van der Waals surface area contributed by atoms with Gasteiger partial charge in [-0.3, -0.25) is 9.52 Å². The van der Waals surface area contributed by atoms with Crippen molar-refractivity contribution >= 4 is 31.5 Å². The summed E-state index contributed by atoms with van der Waals surface area (Å²) in [5.74, 6) is -0.444. The second-order valence-corrected chi connectivity index (χ2v) is 10.9. The normalized spacial score (nSPS) is 18.6. The first-order valence-corrected chi connectivity index (χ1v) is 12.1. The van der Waals surface area contributed by atoms with E-state index in [2.05, 4.69) is 10.0 Å². The van der Waals surface area contributed by atoms with Gasteiger partial charge in [0, 0.05) is 17.3 Å². The minimum atomic E-state index is -3.81. The predicted octanol–water partition coefficient (Wildman–Crippen LogP) is 2.02. The summed E-state index contributed by atoms with van der Waals surface area (Å²) >= 11 is 0. The molecule has 0 spiro atoms. The number of hydrogen-bond acceptors (Lipinski definition) is 5. The number of nitrogens with one attached hydrogen (secondary N) is 2. The predicted molar refractivity (Wildman–Crippen MR) is 108 cm³/mol. The quantitative estimate of drug-likeness (QED) is 0.766. The Hall–Kier alpha value is -2.39. The maximum Gasteiger partial charge on any atom is 0.262 e. The molecule has 1 atom stereocenters. The van der Waals surface area contributed by atoms with E-state index in [1.54, 1.807) is 37.3 Å². The number of benzene rings is 2. The Balaban J connectivity index is 1.78. The van der Waals surface area contributed by atoms with Crippen molar-refractivity contribution in [3.8, 4) is 0 Å². The third-order valence-electron chi connectivity index (χ3n) is 4.58. The van der Waals surface area contributed by atoms with Gasteiger partial charge in [0.05, 0.1) is 16.4 Å². The fourth-order valence-electron chi connectivity index (χ4n) is 3.11. The van der Waals surface area contributed by atoms with Crippen LogP contribution in [0.5, 0.6) is 0 Å². The van der Waals surface area contributed by atoms with Crippen molar-refractivity contribution in [2.45, 2.75) is 31.2 Å². The van der Waals surface area contributed by atoms with Crippen molar-refractivity contribution in [3.63, 3.8) is 0 Å². The maximum atomic E-state index is 12.7. The second-order valence-electron chi connectivity index (χ2n) is 7.03. The molecule has 1 saturated heterocycles. The van der Waals surface area contributed by atoms with E-state index in [0.717, 1.165) is 5.56 Å². The molecule has 0 aromatic heterocycles. The van der Waals surface area contributed by atoms with Crippen LogP contribution in [0.3, 0.4) is 0 Å². The van der Waals surface area contributed by atoms with Crippen LogP contribution in [0.25, 0.3) is 0 Å². The molecular formula is C19H22N2O5S2. The van der Waals surface area contributed by atoms with Gasteiger partial charge in [-0.15, -0.1) is 0 Å². The molecule has 150 valence electrons. The Labute approximate surface area is 165 Å². The van der Waals surface area contributed by atoms with Gasteiger partial charge in [-0.2, -0.15) is 0 Å². The van der Waals surface area contributed by atoms with Gasteiger partial charge in [-0.25, -0.2) is 16.8 Å². The monoisotopic (exact) mass is 422 g/mol. The van der Waals surface area contributed by atoms with E-state index >= 15 is 0 Å². The lowest BCUT2D eigenvalue weighted by Gasteiger charge is -2.13. The van der Waals surface area contributed by atoms with E-state index in [1.807, 2.05) is 13.0 Å². The summed E-state index contributed by atoms with van der Waals surface area (Å²) < 4.78 is 51.0. The Morgan fingerprint density at radius 1 is 1.11 bits per heavy atom. The lowest BCUT2D eigenvalue weighted by atomic mass is 10.1. The molecule has 0 aliphatic carbocycles. The summed E-state index contributed by atoms with van der Waals surface area (Å²) in [5.41, 5.74) is 1.96. The molecule has 0 unspecified atom stereocenters. The number of amides is 1. The molecule has 1 aliphatic rings. The third kappa shape index (κ3) is 4.71. The molecule has 1 aliphatic heterocycles. The van der Waals surface area contributed by atoms with Gasteiger partial charge < -0.3 is 5.32 Å². The average Bonchev–Trinajstić information content (AvgIpc) is 2.95. The number of sulfonamides is 1. The molecule has 0 radical (unpaired) electrons. The molecule has 2 aromatic rings. The topological polar surface area (TPSA) is 109 Å². The van der Waals surface area contributed by atoms with Crippen LogP contribution in [0.4, 0.5) is 5.69 Å². The lowest BCUT2D eigenvalue weighted by molar-refractivity contribution is 0.0941. The summed E-state index contributed by atoms with van der Waals surface area (Å²) in [5, 5.41) is 2.69. The number of anilines is 1. The van der Waals surface area contributed by atoms with Crippen LogP contribution in [-0.2, 0) is 19.9 Å². The number of hydrogen-bond donors (Lipinski definition) is 2. The van der Waals surface area contributed by atoms with Crippen molar-refractivity contribution in [2.24, 2.45) is 0 Å². The molecule has 0 saturated carbocycles. The Morgan fingerprint density at radius 3 is 2.54 bits per heavy atom. The molecule has 28 heavy (non-hydrogen) atoms. The minimum absolute atomic E-state index is 0.0631. The summed E-state index contributed by atoms with van der Waals surface area (Å²) in [4.78, 5) is 12.6. The Bertz CT molecular complexity index is 1120. The third-order valence-corrected chi connectivity index (χ3v) is 7.87. The smallest absolute Gasteiger partial charge is 0.262 e. The highest BCUT2D eigenvalue weighted by atomic mass is 32.2. The van der Waals surface area contributed by atoms with E-state index in [1.165, 1.54) is 6.07 Å².